The second-order valence-electron chi connectivity index (χ2n) is 14.8. The third kappa shape index (κ3) is 41.2. The topological polar surface area (TPSA) is 40.1 Å². The van der Waals surface area contributed by atoms with E-state index < -0.39 is 5.97 Å². The molecular formula is C43H87NO2. The van der Waals surface area contributed by atoms with Gasteiger partial charge in [-0.25, -0.2) is 0 Å². The summed E-state index contributed by atoms with van der Waals surface area (Å²) in [5.41, 5.74) is 0. The van der Waals surface area contributed by atoms with Gasteiger partial charge < -0.3 is 14.4 Å². The Bertz CT molecular complexity index is 561. The molecule has 0 fully saturated rings. The first kappa shape index (κ1) is 47.3. The molecule has 0 aliphatic rings. The van der Waals surface area contributed by atoms with Crippen molar-refractivity contribution in [1.82, 2.24) is 0 Å². The van der Waals surface area contributed by atoms with Crippen molar-refractivity contribution in [3.63, 3.8) is 0 Å². The summed E-state index contributed by atoms with van der Waals surface area (Å²) < 4.78 is 1.36. The van der Waals surface area contributed by atoms with Crippen molar-refractivity contribution in [2.75, 3.05) is 26.7 Å². The first-order valence-electron chi connectivity index (χ1n) is 21.1. The molecule has 0 N–H and O–H groups in total. The lowest BCUT2D eigenvalue weighted by atomic mass is 10.1. The molecular weight excluding hydrogens is 562 g/mol. The lowest BCUT2D eigenvalue weighted by Crippen LogP contribution is -2.46. The number of allylic oxidation sites excluding steroid dienone is 2. The third-order valence-electron chi connectivity index (χ3n) is 9.80. The van der Waals surface area contributed by atoms with Crippen LogP contribution in [-0.4, -0.2) is 37.1 Å². The number of carbonyl (C=O) groups is 1. The maximum atomic E-state index is 10.2. The van der Waals surface area contributed by atoms with E-state index in [0.29, 0.717) is 0 Å². The van der Waals surface area contributed by atoms with Gasteiger partial charge in [-0.3, -0.25) is 0 Å². The molecule has 0 aliphatic heterocycles. The van der Waals surface area contributed by atoms with Crippen molar-refractivity contribution in [3.05, 3.63) is 12.2 Å². The number of unbranched alkanes of at least 4 members (excludes halogenated alkanes) is 26. The molecule has 0 spiro atoms. The first-order chi connectivity index (χ1) is 22.5. The summed E-state index contributed by atoms with van der Waals surface area (Å²) in [6.07, 6.45) is 46.8. The predicted octanol–water partition coefficient (Wildman–Crippen LogP) is 13.3. The normalized spacial score (nSPS) is 11.7. The van der Waals surface area contributed by atoms with Gasteiger partial charge in [0.1, 0.15) is 0 Å². The van der Waals surface area contributed by atoms with E-state index in [0.717, 1.165) is 19.3 Å². The van der Waals surface area contributed by atoms with Gasteiger partial charge in [-0.15, -0.1) is 0 Å². The van der Waals surface area contributed by atoms with Crippen LogP contribution in [0.2, 0.25) is 0 Å². The molecule has 0 unspecified atom stereocenters. The van der Waals surface area contributed by atoms with E-state index in [9.17, 15) is 9.90 Å². The molecule has 0 aliphatic carbocycles. The van der Waals surface area contributed by atoms with E-state index in [1.807, 2.05) is 0 Å². The Morgan fingerprint density at radius 1 is 0.413 bits per heavy atom. The molecule has 0 saturated heterocycles. The summed E-state index contributed by atoms with van der Waals surface area (Å²) in [5, 5.41) is 10.2. The lowest BCUT2D eigenvalue weighted by molar-refractivity contribution is -0.910. The van der Waals surface area contributed by atoms with Gasteiger partial charge in [0.2, 0.25) is 0 Å². The minimum Gasteiger partial charge on any atom is -0.550 e. The monoisotopic (exact) mass is 650 g/mol. The zero-order chi connectivity index (χ0) is 34.2. The van der Waals surface area contributed by atoms with E-state index in [-0.39, 0.29) is 6.42 Å². The summed E-state index contributed by atoms with van der Waals surface area (Å²) in [6, 6.07) is 0. The number of aliphatic carboxylic acids is 1. The maximum Gasteiger partial charge on any atom is 0.0784 e. The van der Waals surface area contributed by atoms with Crippen molar-refractivity contribution in [2.45, 2.75) is 233 Å². The summed E-state index contributed by atoms with van der Waals surface area (Å²) in [7, 11) is 2.56. The van der Waals surface area contributed by atoms with Crippen LogP contribution < -0.4 is 5.11 Å². The first-order valence-corrected chi connectivity index (χ1v) is 21.1. The number of carboxylic acids is 1. The minimum absolute atomic E-state index is 0.220. The molecule has 0 aromatic heterocycles. The fourth-order valence-electron chi connectivity index (χ4n) is 6.50. The van der Waals surface area contributed by atoms with Gasteiger partial charge in [-0.2, -0.15) is 0 Å². The predicted molar refractivity (Wildman–Crippen MR) is 205 cm³/mol. The molecule has 0 rings (SSSR count). The molecule has 0 atom stereocenters. The van der Waals surface area contributed by atoms with Crippen LogP contribution in [0, 0.1) is 0 Å². The summed E-state index contributed by atoms with van der Waals surface area (Å²) in [4.78, 5) is 10.2. The van der Waals surface area contributed by atoms with E-state index in [2.05, 4.69) is 46.9 Å². The molecule has 0 amide bonds. The van der Waals surface area contributed by atoms with Crippen LogP contribution in [0.5, 0.6) is 0 Å². The lowest BCUT2D eigenvalue weighted by Gasteiger charge is -2.35. The van der Waals surface area contributed by atoms with E-state index in [1.54, 1.807) is 0 Å². The number of carbonyl (C=O) groups excluding carboxylic acids is 1. The van der Waals surface area contributed by atoms with Crippen LogP contribution in [0.25, 0.3) is 0 Å². The quantitative estimate of drug-likeness (QED) is 0.0385. The molecule has 0 radical (unpaired) electrons. The van der Waals surface area contributed by atoms with Crippen molar-refractivity contribution in [1.29, 1.82) is 0 Å². The number of hydrogen-bond donors (Lipinski definition) is 0. The molecule has 0 saturated carbocycles. The van der Waals surface area contributed by atoms with Gasteiger partial charge >= 0.3 is 0 Å². The summed E-state index contributed by atoms with van der Waals surface area (Å²) in [5.74, 6) is -0.914. The Hall–Kier alpha value is -0.830. The van der Waals surface area contributed by atoms with Gasteiger partial charge in [-0.1, -0.05) is 168 Å². The molecule has 3 heteroatoms. The van der Waals surface area contributed by atoms with Gasteiger partial charge in [0.15, 0.2) is 0 Å². The van der Waals surface area contributed by atoms with Gasteiger partial charge in [0, 0.05) is 5.97 Å². The Kier molecular flexibility index (Phi) is 41.5. The van der Waals surface area contributed by atoms with Crippen LogP contribution in [-0.2, 0) is 4.79 Å². The van der Waals surface area contributed by atoms with Crippen molar-refractivity contribution >= 4 is 5.97 Å². The van der Waals surface area contributed by atoms with Gasteiger partial charge in [0.05, 0.1) is 26.7 Å². The van der Waals surface area contributed by atoms with Gasteiger partial charge in [0.25, 0.3) is 0 Å². The molecule has 0 aromatic carbocycles. The van der Waals surface area contributed by atoms with Crippen LogP contribution in [0.1, 0.15) is 233 Å². The fourth-order valence-corrected chi connectivity index (χ4v) is 6.50. The SMILES string of the molecule is CCCCCCCCC=CCCCCCCCC(=O)[O-].CCCCCCCC[N+](C)(CCCCCCCC)CCCCCCCC. The van der Waals surface area contributed by atoms with Crippen LogP contribution in [0.4, 0.5) is 0 Å². The highest BCUT2D eigenvalue weighted by molar-refractivity contribution is 5.64. The highest BCUT2D eigenvalue weighted by Gasteiger charge is 2.20. The Morgan fingerprint density at radius 2 is 0.674 bits per heavy atom. The number of rotatable bonds is 36. The van der Waals surface area contributed by atoms with E-state index >= 15 is 0 Å². The number of hydrogen-bond acceptors (Lipinski definition) is 2. The third-order valence-corrected chi connectivity index (χ3v) is 9.80. The average molecular weight is 650 g/mol. The standard InChI is InChI=1S/C25H54N.C18H34O2/c1-5-8-11-14-17-20-23-26(4,24-21-18-15-12-9-6-2)25-22-19-16-13-10-7-3;1-2-3-4-5-6-7-8-9-10-11-12-13-14-15-16-17-18(19)20/h5-25H2,1-4H3;9-10H,2-8,11-17H2,1H3,(H,19,20)/q+1;/p-1. The molecule has 0 bridgehead atoms. The van der Waals surface area contributed by atoms with Crippen LogP contribution in [0.3, 0.4) is 0 Å². The smallest absolute Gasteiger partial charge is 0.0784 e. The Morgan fingerprint density at radius 3 is 0.978 bits per heavy atom. The fraction of sp³-hybridized carbons (Fsp3) is 0.930. The average Bonchev–Trinajstić information content (AvgIpc) is 3.04. The second-order valence-corrected chi connectivity index (χ2v) is 14.8. The number of nitrogens with zero attached hydrogens (tertiary/aromatic N) is 1. The molecule has 0 heterocycles. The zero-order valence-corrected chi connectivity index (χ0v) is 32.7. The zero-order valence-electron chi connectivity index (χ0n) is 32.7. The molecule has 0 aromatic rings. The highest BCUT2D eigenvalue weighted by atomic mass is 16.4. The Labute approximate surface area is 291 Å². The minimum atomic E-state index is -0.914. The number of carboxylic acid groups (broad SMARTS) is 1. The van der Waals surface area contributed by atoms with Crippen LogP contribution >= 0.6 is 0 Å². The molecule has 46 heavy (non-hydrogen) atoms. The van der Waals surface area contributed by atoms with E-state index in [1.165, 1.54) is 204 Å². The van der Waals surface area contributed by atoms with E-state index in [4.69, 9.17) is 0 Å². The van der Waals surface area contributed by atoms with Crippen molar-refractivity contribution in [2.24, 2.45) is 0 Å². The van der Waals surface area contributed by atoms with Crippen molar-refractivity contribution in [3.8, 4) is 0 Å². The van der Waals surface area contributed by atoms with Crippen LogP contribution in [0.15, 0.2) is 12.2 Å². The molecule has 276 valence electrons. The second kappa shape index (κ2) is 40.3. The Balaban J connectivity index is 0. The highest BCUT2D eigenvalue weighted by Crippen LogP contribution is 2.16. The summed E-state index contributed by atoms with van der Waals surface area (Å²) in [6.45, 7) is 13.5. The maximum absolute atomic E-state index is 10.2. The van der Waals surface area contributed by atoms with Crippen molar-refractivity contribution < 1.29 is 14.4 Å². The summed E-state index contributed by atoms with van der Waals surface area (Å²) >= 11 is 0. The largest absolute Gasteiger partial charge is 0.550 e. The van der Waals surface area contributed by atoms with Gasteiger partial charge in [-0.05, 0) is 77.0 Å². The number of quaternary nitrogens is 1. The molecule has 3 nitrogen and oxygen atoms in total.